The number of carbonyl (C=O) groups excluding carboxylic acids is 5. The van der Waals surface area contributed by atoms with Gasteiger partial charge in [-0.15, -0.1) is 0 Å². The van der Waals surface area contributed by atoms with Crippen molar-refractivity contribution in [2.24, 2.45) is 77.5 Å². The molecule has 0 unspecified atom stereocenters. The number of benzene rings is 1. The average Bonchev–Trinajstić information content (AvgIpc) is 3.19. The highest BCUT2D eigenvalue weighted by molar-refractivity contribution is 5.96. The Hall–Kier alpha value is -6.39. The molecule has 1 aromatic carbocycles. The average molecular weight is 859 g/mol. The van der Waals surface area contributed by atoms with E-state index in [-0.39, 0.29) is 101 Å². The van der Waals surface area contributed by atoms with Crippen LogP contribution in [-0.2, 0) is 30.4 Å². The smallest absolute Gasteiger partial charge is 0.243 e. The van der Waals surface area contributed by atoms with E-state index < -0.39 is 59.7 Å². The summed E-state index contributed by atoms with van der Waals surface area (Å²) in [5, 5.41) is 13.8. The van der Waals surface area contributed by atoms with E-state index in [1.807, 2.05) is 44.2 Å². The largest absolute Gasteiger partial charge is 0.370 e. The van der Waals surface area contributed by atoms with Gasteiger partial charge in [0.2, 0.25) is 29.5 Å². The third-order valence-corrected chi connectivity index (χ3v) is 8.94. The highest BCUT2D eigenvalue weighted by atomic mass is 16.2. The summed E-state index contributed by atoms with van der Waals surface area (Å²) in [6.45, 7) is 4.77. The first-order valence-electron chi connectivity index (χ1n) is 20.4. The molecule has 1 rings (SSSR count). The van der Waals surface area contributed by atoms with E-state index in [1.165, 1.54) is 0 Å². The molecule has 0 bridgehead atoms. The lowest BCUT2D eigenvalue weighted by atomic mass is 10.0. The Bertz CT molecular complexity index is 1620. The van der Waals surface area contributed by atoms with Crippen molar-refractivity contribution in [2.75, 3.05) is 32.7 Å². The molecule has 0 saturated carbocycles. The number of hydrogen-bond acceptors (Lipinski definition) is 10. The Kier molecular flexibility index (Phi) is 25.7. The van der Waals surface area contributed by atoms with Gasteiger partial charge >= 0.3 is 0 Å². The molecule has 0 aliphatic heterocycles. The third-order valence-electron chi connectivity index (χ3n) is 8.94. The van der Waals surface area contributed by atoms with Crippen LogP contribution in [-0.4, -0.2) is 116 Å². The van der Waals surface area contributed by atoms with Crippen LogP contribution in [0.15, 0.2) is 50.3 Å². The molecule has 61 heavy (non-hydrogen) atoms. The summed E-state index contributed by atoms with van der Waals surface area (Å²) >= 11 is 0. The molecular weight excluding hydrogens is 789 g/mol. The molecule has 0 aliphatic carbocycles. The second-order valence-electron chi connectivity index (χ2n) is 14.8. The number of guanidine groups is 4. The molecule has 0 fully saturated rings. The van der Waals surface area contributed by atoms with Gasteiger partial charge in [0.25, 0.3) is 0 Å². The third kappa shape index (κ3) is 25.0. The maximum atomic E-state index is 14.1. The Morgan fingerprint density at radius 2 is 0.869 bits per heavy atom. The Morgan fingerprint density at radius 3 is 1.26 bits per heavy atom. The van der Waals surface area contributed by atoms with Gasteiger partial charge < -0.3 is 78.2 Å². The van der Waals surface area contributed by atoms with Gasteiger partial charge in [0.15, 0.2) is 23.8 Å². The van der Waals surface area contributed by atoms with Crippen molar-refractivity contribution in [1.29, 1.82) is 0 Å². The molecule has 0 radical (unpaired) electrons. The Balaban J connectivity index is 3.35. The first kappa shape index (κ1) is 52.6. The molecule has 23 heteroatoms. The zero-order valence-corrected chi connectivity index (χ0v) is 35.5. The van der Waals surface area contributed by atoms with Crippen LogP contribution >= 0.6 is 0 Å². The number of nitrogens with two attached hydrogens (primary N) is 9. The second-order valence-corrected chi connectivity index (χ2v) is 14.8. The van der Waals surface area contributed by atoms with Crippen LogP contribution in [0.2, 0.25) is 0 Å². The number of nitrogens with zero attached hydrogens (tertiary/aromatic N) is 4. The fraction of sp³-hybridized carbons (Fsp3) is 0.605. The van der Waals surface area contributed by atoms with Crippen molar-refractivity contribution in [3.8, 4) is 0 Å². The lowest BCUT2D eigenvalue weighted by Crippen LogP contribution is -2.59. The van der Waals surface area contributed by atoms with E-state index in [9.17, 15) is 24.0 Å². The molecule has 5 amide bonds. The van der Waals surface area contributed by atoms with Crippen molar-refractivity contribution in [3.05, 3.63) is 35.9 Å². The minimum Gasteiger partial charge on any atom is -0.370 e. The number of carbonyl (C=O) groups is 5. The minimum absolute atomic E-state index is 0.0422. The van der Waals surface area contributed by atoms with E-state index in [0.29, 0.717) is 25.8 Å². The van der Waals surface area contributed by atoms with Crippen LogP contribution in [0.25, 0.3) is 0 Å². The number of rotatable bonds is 30. The fourth-order valence-corrected chi connectivity index (χ4v) is 5.86. The predicted octanol–water partition coefficient (Wildman–Crippen LogP) is -4.13. The molecular formula is C38H70N18O5. The van der Waals surface area contributed by atoms with Crippen LogP contribution < -0.4 is 78.2 Å². The summed E-state index contributed by atoms with van der Waals surface area (Å²) in [6.07, 6.45) is 2.54. The number of amides is 5. The zero-order valence-electron chi connectivity index (χ0n) is 35.5. The van der Waals surface area contributed by atoms with Gasteiger partial charge in [-0.2, -0.15) is 0 Å². The molecule has 0 heterocycles. The lowest BCUT2D eigenvalue weighted by Gasteiger charge is -2.27. The monoisotopic (exact) mass is 859 g/mol. The van der Waals surface area contributed by atoms with E-state index in [1.54, 1.807) is 0 Å². The van der Waals surface area contributed by atoms with Crippen LogP contribution in [0.5, 0.6) is 0 Å². The highest BCUT2D eigenvalue weighted by Gasteiger charge is 2.32. The first-order valence-corrected chi connectivity index (χ1v) is 20.4. The fourth-order valence-electron chi connectivity index (χ4n) is 5.86. The summed E-state index contributed by atoms with van der Waals surface area (Å²) in [5.41, 5.74) is 50.8. The van der Waals surface area contributed by atoms with E-state index in [2.05, 4.69) is 46.6 Å². The Labute approximate surface area is 357 Å². The summed E-state index contributed by atoms with van der Waals surface area (Å²) in [6, 6.07) is 4.07. The van der Waals surface area contributed by atoms with Crippen molar-refractivity contribution < 1.29 is 24.0 Å². The van der Waals surface area contributed by atoms with E-state index in [4.69, 9.17) is 51.6 Å². The number of nitrogens with one attached hydrogen (secondary N) is 5. The van der Waals surface area contributed by atoms with Crippen LogP contribution in [0.3, 0.4) is 0 Å². The SMILES string of the molecule is CC(C)C[C@H](NC(=O)[C@H](N)CCCN=C(N)N)C(=O)N[C@H](CCCN=C(N)N)C(=O)N[C@H](CCCN=C(N)N)C(=O)N[C@@H](CCCN=C(N)N)C(=O)NCCc1ccccc1. The highest BCUT2D eigenvalue weighted by Crippen LogP contribution is 2.10. The van der Waals surface area contributed by atoms with Crippen molar-refractivity contribution in [1.82, 2.24) is 26.6 Å². The summed E-state index contributed by atoms with van der Waals surface area (Å²) < 4.78 is 0. The normalized spacial score (nSPS) is 13.2. The van der Waals surface area contributed by atoms with Crippen molar-refractivity contribution >= 4 is 53.4 Å². The molecule has 342 valence electrons. The molecule has 0 aliphatic rings. The van der Waals surface area contributed by atoms with Crippen molar-refractivity contribution in [3.63, 3.8) is 0 Å². The summed E-state index contributed by atoms with van der Waals surface area (Å²) in [4.78, 5) is 84.3. The molecule has 5 atom stereocenters. The van der Waals surface area contributed by atoms with Gasteiger partial charge in [0.05, 0.1) is 6.04 Å². The minimum atomic E-state index is -1.22. The first-order chi connectivity index (χ1) is 28.9. The maximum absolute atomic E-state index is 14.1. The van der Waals surface area contributed by atoms with Gasteiger partial charge in [0, 0.05) is 32.7 Å². The molecule has 0 aromatic heterocycles. The molecule has 23 N–H and O–H groups in total. The van der Waals surface area contributed by atoms with Crippen LogP contribution in [0, 0.1) is 5.92 Å². The van der Waals surface area contributed by atoms with Crippen molar-refractivity contribution in [2.45, 2.75) is 108 Å². The van der Waals surface area contributed by atoms with E-state index >= 15 is 0 Å². The van der Waals surface area contributed by atoms with Crippen LogP contribution in [0.1, 0.15) is 77.2 Å². The van der Waals surface area contributed by atoms with Crippen LogP contribution in [0.4, 0.5) is 0 Å². The lowest BCUT2D eigenvalue weighted by molar-refractivity contribution is -0.135. The van der Waals surface area contributed by atoms with Gasteiger partial charge in [0.1, 0.15) is 24.2 Å². The van der Waals surface area contributed by atoms with Gasteiger partial charge in [-0.1, -0.05) is 44.2 Å². The number of aliphatic imine (C=N–C) groups is 4. The number of hydrogen-bond donors (Lipinski definition) is 14. The topological polar surface area (TPSA) is 429 Å². The Morgan fingerprint density at radius 1 is 0.508 bits per heavy atom. The zero-order chi connectivity index (χ0) is 45.7. The molecule has 0 saturated heterocycles. The summed E-state index contributed by atoms with van der Waals surface area (Å²) in [5.74, 6) is -3.64. The molecule has 23 nitrogen and oxygen atoms in total. The molecule has 0 spiro atoms. The predicted molar refractivity (Wildman–Crippen MR) is 238 cm³/mol. The quantitative estimate of drug-likeness (QED) is 0.0199. The van der Waals surface area contributed by atoms with Gasteiger partial charge in [-0.05, 0) is 75.7 Å². The second kappa shape index (κ2) is 29.8. The summed E-state index contributed by atoms with van der Waals surface area (Å²) in [7, 11) is 0. The van der Waals surface area contributed by atoms with Gasteiger partial charge in [-0.25, -0.2) is 0 Å². The standard InChI is InChI=1S/C38H70N18O5/c1-23(2)22-29(56-30(57)25(39)12-6-17-49-35(40)41)34(61)55-28(15-9-20-52-38(46)47)33(60)54-27(14-8-19-51-37(44)45)32(59)53-26(13-7-18-50-36(42)43)31(58)48-21-16-24-10-4-3-5-11-24/h3-5,10-11,23,25-29H,6-9,12-22,39H2,1-2H3,(H,48,58)(H,53,59)(H,54,60)(H,55,61)(H,56,57)(H4,40,41,49)(H4,42,43,50)(H4,44,45,51)(H4,46,47,52)/t25-,26+,27-,28-,29+/m1/s1. The van der Waals surface area contributed by atoms with E-state index in [0.717, 1.165) is 5.56 Å². The maximum Gasteiger partial charge on any atom is 0.243 e. The molecule has 1 aromatic rings. The van der Waals surface area contributed by atoms with Gasteiger partial charge in [-0.3, -0.25) is 43.9 Å².